The van der Waals surface area contributed by atoms with Crippen molar-refractivity contribution in [3.05, 3.63) is 24.2 Å². The Balaban J connectivity index is 2.07. The molecule has 1 aliphatic rings. The van der Waals surface area contributed by atoms with Gasteiger partial charge in [-0.1, -0.05) is 0 Å². The third-order valence-electron chi connectivity index (χ3n) is 7.24. The number of esters is 3. The molecular weight excluding hydrogens is 671 g/mol. The van der Waals surface area contributed by atoms with Crippen molar-refractivity contribution < 1.29 is 61.4 Å². The number of hydrogen-bond donors (Lipinski definition) is 2. The maximum atomic E-state index is 13.1. The Hall–Kier alpha value is -4.02. The van der Waals surface area contributed by atoms with Crippen LogP contribution in [0.5, 0.6) is 0 Å². The van der Waals surface area contributed by atoms with Crippen molar-refractivity contribution in [2.24, 2.45) is 0 Å². The molecule has 0 bridgehead atoms. The highest BCUT2D eigenvalue weighted by molar-refractivity contribution is 7.36. The van der Waals surface area contributed by atoms with Gasteiger partial charge in [0, 0.05) is 21.3 Å². The van der Waals surface area contributed by atoms with E-state index in [9.17, 15) is 29.0 Å². The van der Waals surface area contributed by atoms with Gasteiger partial charge in [0.1, 0.15) is 49.4 Å². The van der Waals surface area contributed by atoms with Crippen LogP contribution in [0.3, 0.4) is 0 Å². The van der Waals surface area contributed by atoms with E-state index in [-0.39, 0.29) is 17.0 Å². The fourth-order valence-corrected chi connectivity index (χ4v) is 5.43. The second-order valence-corrected chi connectivity index (χ2v) is 12.3. The minimum Gasteiger partial charge on any atom is -0.462 e. The lowest BCUT2D eigenvalue weighted by Gasteiger charge is -2.29. The highest BCUT2D eigenvalue weighted by Gasteiger charge is 2.62. The molecule has 2 N–H and O–H groups in total. The molecular formula is C29H41N6O13P. The van der Waals surface area contributed by atoms with E-state index in [1.807, 2.05) is 6.07 Å². The summed E-state index contributed by atoms with van der Waals surface area (Å²) in [6, 6.07) is 3.94. The summed E-state index contributed by atoms with van der Waals surface area (Å²) in [6.07, 6.45) is -5.82. The molecule has 19 nitrogen and oxygen atoms in total. The van der Waals surface area contributed by atoms with Crippen LogP contribution < -0.4 is 10.4 Å². The van der Waals surface area contributed by atoms with E-state index in [1.54, 1.807) is 20.8 Å². The SMILES string of the molecule is COCC(=O)O[C@H]1[C@H](c2ccc3c(NC(=O)[C@@H](C)OC)ncnn23)O[C@](C#N)(CO[PH](=O)N[C@@H](C)C(=O)OC(C)C)[C@H]1OC(=O)[C@@H](C)OC. The molecule has 0 aliphatic carbocycles. The van der Waals surface area contributed by atoms with Gasteiger partial charge >= 0.3 is 17.9 Å². The number of nitrogens with zero attached hydrogens (tertiary/aromatic N) is 4. The maximum Gasteiger partial charge on any atom is 0.335 e. The summed E-state index contributed by atoms with van der Waals surface area (Å²) in [4.78, 5) is 54.8. The number of fused-ring (bicyclic) bond motifs is 1. The lowest BCUT2D eigenvalue weighted by Crippen LogP contribution is -2.50. The quantitative estimate of drug-likeness (QED) is 0.131. The van der Waals surface area contributed by atoms with Crippen molar-refractivity contribution in [1.82, 2.24) is 19.7 Å². The maximum absolute atomic E-state index is 13.1. The fraction of sp³-hybridized carbons (Fsp3) is 0.621. The van der Waals surface area contributed by atoms with Crippen molar-refractivity contribution in [3.8, 4) is 6.07 Å². The molecule has 0 spiro atoms. The summed E-state index contributed by atoms with van der Waals surface area (Å²) < 4.78 is 57.6. The number of carbonyl (C=O) groups is 4. The van der Waals surface area contributed by atoms with Gasteiger partial charge in [0.2, 0.25) is 5.60 Å². The molecule has 3 rings (SSSR count). The molecule has 2 aromatic heterocycles. The fourth-order valence-electron chi connectivity index (χ4n) is 4.53. The molecule has 1 fully saturated rings. The van der Waals surface area contributed by atoms with Crippen LogP contribution in [0.2, 0.25) is 0 Å². The van der Waals surface area contributed by atoms with E-state index in [4.69, 9.17) is 37.7 Å². The van der Waals surface area contributed by atoms with Gasteiger partial charge in [-0.05, 0) is 46.8 Å². The molecule has 0 aromatic carbocycles. The number of aromatic nitrogens is 3. The summed E-state index contributed by atoms with van der Waals surface area (Å²) in [5, 5.41) is 19.9. The first-order valence-electron chi connectivity index (χ1n) is 15.0. The molecule has 1 aliphatic heterocycles. The molecule has 8 atom stereocenters. The van der Waals surface area contributed by atoms with E-state index < -0.39 is 93.5 Å². The number of rotatable bonds is 17. The number of nitrogens with one attached hydrogen (secondary N) is 2. The summed E-state index contributed by atoms with van der Waals surface area (Å²) >= 11 is 0. The average Bonchev–Trinajstić information content (AvgIpc) is 3.62. The van der Waals surface area contributed by atoms with Crippen LogP contribution in [0.1, 0.15) is 46.4 Å². The van der Waals surface area contributed by atoms with E-state index in [0.717, 1.165) is 6.33 Å². The van der Waals surface area contributed by atoms with Crippen LogP contribution in [0, 0.1) is 11.3 Å². The van der Waals surface area contributed by atoms with Crippen molar-refractivity contribution in [3.63, 3.8) is 0 Å². The predicted molar refractivity (Wildman–Crippen MR) is 167 cm³/mol. The van der Waals surface area contributed by atoms with Gasteiger partial charge in [-0.3, -0.25) is 14.2 Å². The number of nitriles is 1. The summed E-state index contributed by atoms with van der Waals surface area (Å²) in [5.74, 6) is -2.93. The van der Waals surface area contributed by atoms with Gasteiger partial charge in [0.05, 0.1) is 11.8 Å². The Kier molecular flexibility index (Phi) is 14.1. The average molecular weight is 713 g/mol. The van der Waals surface area contributed by atoms with Crippen LogP contribution in [0.15, 0.2) is 18.5 Å². The van der Waals surface area contributed by atoms with Gasteiger partial charge in [0.15, 0.2) is 24.1 Å². The summed E-state index contributed by atoms with van der Waals surface area (Å²) in [5.41, 5.74) is -1.79. The molecule has 1 unspecified atom stereocenters. The predicted octanol–water partition coefficient (Wildman–Crippen LogP) is 0.877. The minimum absolute atomic E-state index is 0.0997. The zero-order valence-electron chi connectivity index (χ0n) is 28.3. The number of anilines is 1. The van der Waals surface area contributed by atoms with Crippen molar-refractivity contribution in [2.45, 2.75) is 82.9 Å². The molecule has 1 amide bonds. The van der Waals surface area contributed by atoms with Crippen LogP contribution in [-0.2, 0) is 61.4 Å². The molecule has 49 heavy (non-hydrogen) atoms. The van der Waals surface area contributed by atoms with Gasteiger partial charge in [-0.2, -0.15) is 10.4 Å². The van der Waals surface area contributed by atoms with Crippen LogP contribution in [0.25, 0.3) is 5.52 Å². The summed E-state index contributed by atoms with van der Waals surface area (Å²) in [7, 11) is 0.633. The van der Waals surface area contributed by atoms with Crippen LogP contribution in [-0.4, -0.2) is 115 Å². The topological polar surface area (TPSA) is 237 Å². The number of carbonyl (C=O) groups excluding carboxylic acids is 4. The molecule has 20 heteroatoms. The van der Waals surface area contributed by atoms with Crippen LogP contribution >= 0.6 is 8.18 Å². The molecule has 2 aromatic rings. The summed E-state index contributed by atoms with van der Waals surface area (Å²) in [6.45, 7) is 6.34. The highest BCUT2D eigenvalue weighted by Crippen LogP contribution is 2.45. The first kappa shape index (κ1) is 39.4. The van der Waals surface area contributed by atoms with Gasteiger partial charge < -0.3 is 43.0 Å². The number of hydrogen-bond acceptors (Lipinski definition) is 16. The van der Waals surface area contributed by atoms with Crippen molar-refractivity contribution >= 4 is 43.3 Å². The number of ether oxygens (including phenoxy) is 7. The third-order valence-corrected chi connectivity index (χ3v) is 8.31. The highest BCUT2D eigenvalue weighted by atomic mass is 31.1. The van der Waals surface area contributed by atoms with Crippen molar-refractivity contribution in [1.29, 1.82) is 5.26 Å². The lowest BCUT2D eigenvalue weighted by molar-refractivity contribution is -0.178. The number of amides is 1. The third kappa shape index (κ3) is 9.57. The van der Waals surface area contributed by atoms with Gasteiger partial charge in [0.25, 0.3) is 14.1 Å². The molecule has 0 radical (unpaired) electrons. The van der Waals surface area contributed by atoms with Crippen molar-refractivity contribution in [2.75, 3.05) is 39.9 Å². The second kappa shape index (κ2) is 17.6. The Bertz CT molecular complexity index is 1560. The zero-order chi connectivity index (χ0) is 36.5. The van der Waals surface area contributed by atoms with E-state index >= 15 is 0 Å². The lowest BCUT2D eigenvalue weighted by atomic mass is 9.95. The molecule has 270 valence electrons. The first-order valence-corrected chi connectivity index (χ1v) is 16.3. The molecule has 0 saturated carbocycles. The smallest absolute Gasteiger partial charge is 0.335 e. The van der Waals surface area contributed by atoms with E-state index in [0.29, 0.717) is 0 Å². The Morgan fingerprint density at radius 2 is 1.76 bits per heavy atom. The molecule has 1 saturated heterocycles. The van der Waals surface area contributed by atoms with E-state index in [1.165, 1.54) is 51.8 Å². The Morgan fingerprint density at radius 3 is 2.37 bits per heavy atom. The minimum atomic E-state index is -3.26. The Morgan fingerprint density at radius 1 is 1.06 bits per heavy atom. The Labute approximate surface area is 282 Å². The largest absolute Gasteiger partial charge is 0.462 e. The molecule has 3 heterocycles. The first-order chi connectivity index (χ1) is 23.2. The van der Waals surface area contributed by atoms with Crippen LogP contribution in [0.4, 0.5) is 5.82 Å². The number of methoxy groups -OCH3 is 3. The van der Waals surface area contributed by atoms with E-state index in [2.05, 4.69) is 20.5 Å². The standard InChI is InChI=1S/C29H41N6O13P/c1-15(2)45-27(38)16(3)34-49(40)44-13-29(12-30)24(47-28(39)18(5)43-8)23(46-21(36)11-41-6)22(48-29)19-9-10-20-25(31-14-32-35(19)20)33-26(37)17(4)42-7/h9-10,14-18,22-24,49H,11,13H2,1-8H3,(H,34,40)(H,31,32,33,37)/t16-,17+,18+,22-,23-,24-,29+/m0/s1. The second-order valence-electron chi connectivity index (χ2n) is 11.1. The van der Waals surface area contributed by atoms with Gasteiger partial charge in [-0.15, -0.1) is 0 Å². The van der Waals surface area contributed by atoms with Gasteiger partial charge in [-0.25, -0.2) is 24.2 Å². The monoisotopic (exact) mass is 712 g/mol. The normalized spacial score (nSPS) is 22.9. The zero-order valence-corrected chi connectivity index (χ0v) is 29.3.